The third-order valence-corrected chi connectivity index (χ3v) is 7.02. The third-order valence-electron chi connectivity index (χ3n) is 5.65. The van der Waals surface area contributed by atoms with E-state index in [4.69, 9.17) is 9.47 Å². The second kappa shape index (κ2) is 8.33. The Balaban J connectivity index is 1.59. The van der Waals surface area contributed by atoms with Crippen molar-refractivity contribution in [1.29, 1.82) is 0 Å². The molecule has 2 N–H and O–H groups in total. The molecule has 1 fully saturated rings. The minimum absolute atomic E-state index is 0.203. The van der Waals surface area contributed by atoms with Gasteiger partial charge in [-0.1, -0.05) is 12.1 Å². The molecular formula is C21H22F3NO5S. The Morgan fingerprint density at radius 3 is 2.48 bits per heavy atom. The van der Waals surface area contributed by atoms with Crippen LogP contribution in [0.3, 0.4) is 0 Å². The summed E-state index contributed by atoms with van der Waals surface area (Å²) in [5, 5.41) is 10.6. The van der Waals surface area contributed by atoms with E-state index in [1.165, 1.54) is 30.3 Å². The zero-order valence-electron chi connectivity index (χ0n) is 16.4. The van der Waals surface area contributed by atoms with Gasteiger partial charge in [0.15, 0.2) is 0 Å². The first-order valence-corrected chi connectivity index (χ1v) is 11.4. The maximum Gasteiger partial charge on any atom is 0.418 e. The van der Waals surface area contributed by atoms with Crippen LogP contribution in [0.4, 0.5) is 18.9 Å². The van der Waals surface area contributed by atoms with Crippen molar-refractivity contribution < 1.29 is 36.2 Å². The van der Waals surface area contributed by atoms with Crippen molar-refractivity contribution in [1.82, 2.24) is 0 Å². The van der Waals surface area contributed by atoms with Crippen molar-refractivity contribution in [3.8, 4) is 5.75 Å². The molecule has 6 nitrogen and oxygen atoms in total. The second-order valence-electron chi connectivity index (χ2n) is 7.71. The van der Waals surface area contributed by atoms with Gasteiger partial charge < -0.3 is 14.6 Å². The molecule has 2 atom stereocenters. The highest BCUT2D eigenvalue weighted by molar-refractivity contribution is 7.92. The molecule has 2 aromatic carbocycles. The maximum absolute atomic E-state index is 13.2. The van der Waals surface area contributed by atoms with Gasteiger partial charge in [-0.25, -0.2) is 8.42 Å². The van der Waals surface area contributed by atoms with Crippen molar-refractivity contribution in [3.63, 3.8) is 0 Å². The Morgan fingerprint density at radius 1 is 1.06 bits per heavy atom. The lowest BCUT2D eigenvalue weighted by molar-refractivity contribution is -0.136. The highest BCUT2D eigenvalue weighted by Crippen LogP contribution is 2.40. The van der Waals surface area contributed by atoms with E-state index in [0.717, 1.165) is 25.0 Å². The lowest BCUT2D eigenvalue weighted by atomic mass is 9.87. The van der Waals surface area contributed by atoms with E-state index in [9.17, 15) is 26.7 Å². The predicted octanol–water partition coefficient (Wildman–Crippen LogP) is 4.12. The summed E-state index contributed by atoms with van der Waals surface area (Å²) >= 11 is 0. The Hall–Kier alpha value is -2.30. The second-order valence-corrected chi connectivity index (χ2v) is 9.39. The van der Waals surface area contributed by atoms with E-state index >= 15 is 0 Å². The molecule has 1 saturated heterocycles. The first-order chi connectivity index (χ1) is 14.6. The maximum atomic E-state index is 13.2. The first kappa shape index (κ1) is 21.9. The zero-order chi connectivity index (χ0) is 22.2. The summed E-state index contributed by atoms with van der Waals surface area (Å²) < 4.78 is 78.5. The lowest BCUT2D eigenvalue weighted by Crippen LogP contribution is -2.36. The molecule has 0 aromatic heterocycles. The average Bonchev–Trinajstić information content (AvgIpc) is 2.73. The fourth-order valence-corrected chi connectivity index (χ4v) is 5.13. The highest BCUT2D eigenvalue weighted by Gasteiger charge is 2.36. The van der Waals surface area contributed by atoms with Gasteiger partial charge in [0.2, 0.25) is 0 Å². The number of anilines is 1. The van der Waals surface area contributed by atoms with Crippen molar-refractivity contribution in [2.24, 2.45) is 5.92 Å². The van der Waals surface area contributed by atoms with Gasteiger partial charge in [-0.15, -0.1) is 0 Å². The van der Waals surface area contributed by atoms with E-state index in [-0.39, 0.29) is 16.9 Å². The summed E-state index contributed by atoms with van der Waals surface area (Å²) in [6.07, 6.45) is -3.90. The van der Waals surface area contributed by atoms with Gasteiger partial charge >= 0.3 is 6.18 Å². The largest absolute Gasteiger partial charge is 0.490 e. The van der Waals surface area contributed by atoms with Gasteiger partial charge in [0.25, 0.3) is 10.0 Å². The van der Waals surface area contributed by atoms with Crippen LogP contribution in [0.15, 0.2) is 47.4 Å². The number of aliphatic hydroxyl groups excluding tert-OH is 1. The minimum Gasteiger partial charge on any atom is -0.490 e. The molecule has 2 aliphatic heterocycles. The van der Waals surface area contributed by atoms with Gasteiger partial charge in [-0.05, 0) is 43.2 Å². The summed E-state index contributed by atoms with van der Waals surface area (Å²) in [5.74, 6) is 0.616. The number of hydrogen-bond donors (Lipinski definition) is 2. The molecular weight excluding hydrogens is 435 g/mol. The molecule has 2 aromatic rings. The fraction of sp³-hybridized carbons (Fsp3) is 0.429. The summed E-state index contributed by atoms with van der Waals surface area (Å²) in [6.45, 7) is 1.27. The molecule has 0 amide bonds. The van der Waals surface area contributed by atoms with Crippen LogP contribution in [0.25, 0.3) is 0 Å². The van der Waals surface area contributed by atoms with E-state index in [2.05, 4.69) is 0 Å². The van der Waals surface area contributed by atoms with Gasteiger partial charge in [0.1, 0.15) is 11.9 Å². The van der Waals surface area contributed by atoms with Crippen LogP contribution >= 0.6 is 0 Å². The number of hydrogen-bond acceptors (Lipinski definition) is 5. The highest BCUT2D eigenvalue weighted by atomic mass is 32.2. The Bertz CT molecular complexity index is 1050. The lowest BCUT2D eigenvalue weighted by Gasteiger charge is -2.36. The number of ether oxygens (including phenoxy) is 2. The number of sulfonamides is 1. The molecule has 4 rings (SSSR count). The third kappa shape index (κ3) is 4.65. The number of alkyl halides is 3. The number of aliphatic hydroxyl groups is 1. The van der Waals surface area contributed by atoms with E-state index in [1.807, 2.05) is 4.72 Å². The molecule has 31 heavy (non-hydrogen) atoms. The van der Waals surface area contributed by atoms with Crippen LogP contribution in [0.2, 0.25) is 0 Å². The molecule has 0 bridgehead atoms. The zero-order valence-corrected chi connectivity index (χ0v) is 17.2. The quantitative estimate of drug-likeness (QED) is 0.722. The predicted molar refractivity (Wildman–Crippen MR) is 106 cm³/mol. The number of benzene rings is 2. The molecule has 2 heterocycles. The van der Waals surface area contributed by atoms with Crippen LogP contribution in [0, 0.1) is 5.92 Å². The molecule has 0 radical (unpaired) electrons. The van der Waals surface area contributed by atoms with Gasteiger partial charge in [-0.3, -0.25) is 4.72 Å². The topological polar surface area (TPSA) is 84.9 Å². The summed E-state index contributed by atoms with van der Waals surface area (Å²) in [7, 11) is -4.32. The van der Waals surface area contributed by atoms with Crippen LogP contribution in [0.1, 0.15) is 36.5 Å². The molecule has 168 valence electrons. The molecule has 0 aliphatic carbocycles. The summed E-state index contributed by atoms with van der Waals surface area (Å²) in [6, 6.07) is 8.30. The number of fused-ring (bicyclic) bond motifs is 1. The van der Waals surface area contributed by atoms with Crippen LogP contribution < -0.4 is 9.46 Å². The Morgan fingerprint density at radius 2 is 1.77 bits per heavy atom. The van der Waals surface area contributed by atoms with Crippen molar-refractivity contribution in [2.45, 2.75) is 42.5 Å². The minimum atomic E-state index is -4.71. The molecule has 0 spiro atoms. The molecule has 0 saturated carbocycles. The number of para-hydroxylation sites is 1. The molecule has 10 heteroatoms. The number of nitrogens with one attached hydrogen (secondary N) is 1. The average molecular weight is 457 g/mol. The van der Waals surface area contributed by atoms with Crippen LogP contribution in [-0.4, -0.2) is 32.8 Å². The monoisotopic (exact) mass is 457 g/mol. The van der Waals surface area contributed by atoms with Crippen molar-refractivity contribution in [2.75, 3.05) is 17.9 Å². The van der Waals surface area contributed by atoms with Crippen LogP contribution in [-0.2, 0) is 20.9 Å². The SMILES string of the molecule is O=S(=O)(Nc1ccccc1C(F)(F)F)c1ccc2c(c1)C(O)CC(C1CCOCC1)O2. The van der Waals surface area contributed by atoms with E-state index in [0.29, 0.717) is 30.9 Å². The van der Waals surface area contributed by atoms with Crippen LogP contribution in [0.5, 0.6) is 5.75 Å². The van der Waals surface area contributed by atoms with Gasteiger partial charge in [-0.2, -0.15) is 13.2 Å². The Labute approximate surface area is 178 Å². The Kier molecular flexibility index (Phi) is 5.89. The van der Waals surface area contributed by atoms with Gasteiger partial charge in [0, 0.05) is 31.1 Å². The normalized spacial score (nSPS) is 22.5. The number of rotatable bonds is 4. The van der Waals surface area contributed by atoms with E-state index < -0.39 is 33.6 Å². The van der Waals surface area contributed by atoms with E-state index in [1.54, 1.807) is 0 Å². The van der Waals surface area contributed by atoms with Crippen molar-refractivity contribution in [3.05, 3.63) is 53.6 Å². The standard InChI is InChI=1S/C21H22F3NO5S/c22-21(23,24)16-3-1-2-4-17(16)25-31(27,28)14-5-6-19-15(11-14)18(26)12-20(30-19)13-7-9-29-10-8-13/h1-6,11,13,18,20,25-26H,7-10,12H2. The first-order valence-electron chi connectivity index (χ1n) is 9.90. The summed E-state index contributed by atoms with van der Waals surface area (Å²) in [4.78, 5) is -0.254. The fourth-order valence-electron chi connectivity index (χ4n) is 4.02. The molecule has 2 aliphatic rings. The summed E-state index contributed by atoms with van der Waals surface area (Å²) in [5.41, 5.74) is -1.35. The smallest absolute Gasteiger partial charge is 0.418 e. The molecule has 2 unspecified atom stereocenters. The van der Waals surface area contributed by atoms with Gasteiger partial charge in [0.05, 0.1) is 22.3 Å². The van der Waals surface area contributed by atoms with Crippen molar-refractivity contribution >= 4 is 15.7 Å². The number of halogens is 3.